The van der Waals surface area contributed by atoms with Crippen molar-refractivity contribution in [2.75, 3.05) is 26.2 Å². The van der Waals surface area contributed by atoms with Crippen LogP contribution in [0.25, 0.3) is 0 Å². The van der Waals surface area contributed by atoms with Gasteiger partial charge in [-0.1, -0.05) is 19.4 Å². The summed E-state index contributed by atoms with van der Waals surface area (Å²) in [5.41, 5.74) is 0.778. The summed E-state index contributed by atoms with van der Waals surface area (Å²) >= 11 is 1.41. The Morgan fingerprint density at radius 2 is 1.97 bits per heavy atom. The first kappa shape index (κ1) is 22.9. The molecule has 8 nitrogen and oxygen atoms in total. The molecule has 0 bridgehead atoms. The average molecular weight is 445 g/mol. The van der Waals surface area contributed by atoms with Gasteiger partial charge in [-0.15, -0.1) is 11.3 Å². The van der Waals surface area contributed by atoms with E-state index in [1.54, 1.807) is 23.6 Å². The van der Waals surface area contributed by atoms with Crippen LogP contribution in [0.3, 0.4) is 0 Å². The maximum atomic E-state index is 13.4. The molecule has 1 aliphatic heterocycles. The highest BCUT2D eigenvalue weighted by molar-refractivity contribution is 7.12. The molecule has 0 saturated carbocycles. The highest BCUT2D eigenvalue weighted by Crippen LogP contribution is 2.21. The van der Waals surface area contributed by atoms with Gasteiger partial charge in [0.1, 0.15) is 17.1 Å². The van der Waals surface area contributed by atoms with Gasteiger partial charge in [-0.25, -0.2) is 14.8 Å². The Morgan fingerprint density at radius 1 is 1.19 bits per heavy atom. The molecule has 0 aromatic carbocycles. The summed E-state index contributed by atoms with van der Waals surface area (Å²) in [6, 6.07) is 3.50. The molecule has 9 heteroatoms. The molecule has 1 atom stereocenters. The second-order valence-electron chi connectivity index (χ2n) is 7.49. The minimum atomic E-state index is -0.575. The van der Waals surface area contributed by atoms with Crippen LogP contribution >= 0.6 is 11.3 Å². The number of aryl methyl sites for hydroxylation is 2. The van der Waals surface area contributed by atoms with E-state index in [4.69, 9.17) is 4.74 Å². The maximum Gasteiger partial charge on any atom is 0.342 e. The van der Waals surface area contributed by atoms with Gasteiger partial charge in [-0.2, -0.15) is 0 Å². The number of carbonyl (C=O) groups is 3. The Morgan fingerprint density at radius 3 is 2.58 bits per heavy atom. The number of aromatic nitrogens is 2. The number of nitrogens with zero attached hydrogens (tertiary/aromatic N) is 4. The second-order valence-corrected chi connectivity index (χ2v) is 8.44. The van der Waals surface area contributed by atoms with Crippen molar-refractivity contribution in [3.8, 4) is 0 Å². The van der Waals surface area contributed by atoms with Gasteiger partial charge in [0.05, 0.1) is 17.2 Å². The number of ether oxygens (including phenoxy) is 1. The average Bonchev–Trinajstić information content (AvgIpc) is 3.27. The zero-order valence-corrected chi connectivity index (χ0v) is 19.2. The molecule has 1 unspecified atom stereocenters. The summed E-state index contributed by atoms with van der Waals surface area (Å²) in [7, 11) is 0. The van der Waals surface area contributed by atoms with E-state index in [1.807, 2.05) is 31.4 Å². The van der Waals surface area contributed by atoms with Crippen molar-refractivity contribution in [3.63, 3.8) is 0 Å². The van der Waals surface area contributed by atoms with Crippen molar-refractivity contribution in [2.24, 2.45) is 0 Å². The lowest BCUT2D eigenvalue weighted by molar-refractivity contribution is 0.0408. The fraction of sp³-hybridized carbons (Fsp3) is 0.500. The van der Waals surface area contributed by atoms with Crippen molar-refractivity contribution in [1.29, 1.82) is 0 Å². The summed E-state index contributed by atoms with van der Waals surface area (Å²) < 4.78 is 5.20. The van der Waals surface area contributed by atoms with Gasteiger partial charge in [0.25, 0.3) is 11.8 Å². The molecule has 2 amide bonds. The molecule has 0 N–H and O–H groups in total. The molecule has 0 aliphatic carbocycles. The van der Waals surface area contributed by atoms with Gasteiger partial charge < -0.3 is 14.5 Å². The molecule has 0 radical (unpaired) electrons. The standard InChI is InChI=1S/C22H28N4O4S/c1-5-8-16-18(22(29)30-6-2)19(24-15(4)23-16)21(28)25-10-11-26(14(3)13-25)20(27)17-9-7-12-31-17/h7,9,12,14H,5-6,8,10-11,13H2,1-4H3. The summed E-state index contributed by atoms with van der Waals surface area (Å²) in [6.45, 7) is 8.70. The zero-order chi connectivity index (χ0) is 22.5. The van der Waals surface area contributed by atoms with Crippen molar-refractivity contribution < 1.29 is 19.1 Å². The first-order chi connectivity index (χ1) is 14.9. The van der Waals surface area contributed by atoms with Gasteiger partial charge in [0.15, 0.2) is 0 Å². The van der Waals surface area contributed by atoms with Crippen LogP contribution in [0.2, 0.25) is 0 Å². The van der Waals surface area contributed by atoms with Crippen molar-refractivity contribution in [1.82, 2.24) is 19.8 Å². The summed E-state index contributed by atoms with van der Waals surface area (Å²) in [5, 5.41) is 1.87. The third-order valence-electron chi connectivity index (χ3n) is 5.17. The van der Waals surface area contributed by atoms with Crippen LogP contribution in [0.4, 0.5) is 0 Å². The highest BCUT2D eigenvalue weighted by Gasteiger charge is 2.34. The number of hydrogen-bond acceptors (Lipinski definition) is 7. The second kappa shape index (κ2) is 10.00. The highest BCUT2D eigenvalue weighted by atomic mass is 32.1. The minimum absolute atomic E-state index is 0.0232. The summed E-state index contributed by atoms with van der Waals surface area (Å²) in [4.78, 5) is 51.7. The smallest absolute Gasteiger partial charge is 0.342 e. The Bertz CT molecular complexity index is 961. The monoisotopic (exact) mass is 444 g/mol. The number of amides is 2. The predicted molar refractivity (Wildman–Crippen MR) is 117 cm³/mol. The minimum Gasteiger partial charge on any atom is -0.462 e. The number of carbonyl (C=O) groups excluding carboxylic acids is 3. The topological polar surface area (TPSA) is 92.7 Å². The van der Waals surface area contributed by atoms with E-state index in [2.05, 4.69) is 9.97 Å². The lowest BCUT2D eigenvalue weighted by Gasteiger charge is -2.39. The molecule has 31 heavy (non-hydrogen) atoms. The first-order valence-electron chi connectivity index (χ1n) is 10.6. The molecule has 2 aromatic rings. The molecule has 2 aromatic heterocycles. The lowest BCUT2D eigenvalue weighted by Crippen LogP contribution is -2.55. The van der Waals surface area contributed by atoms with E-state index in [-0.39, 0.29) is 35.7 Å². The number of esters is 1. The van der Waals surface area contributed by atoms with E-state index in [0.29, 0.717) is 42.5 Å². The third kappa shape index (κ3) is 4.92. The fourth-order valence-corrected chi connectivity index (χ4v) is 4.44. The van der Waals surface area contributed by atoms with Crippen LogP contribution < -0.4 is 0 Å². The fourth-order valence-electron chi connectivity index (χ4n) is 3.76. The van der Waals surface area contributed by atoms with E-state index >= 15 is 0 Å². The van der Waals surface area contributed by atoms with Gasteiger partial charge >= 0.3 is 5.97 Å². The van der Waals surface area contributed by atoms with Gasteiger partial charge in [-0.05, 0) is 38.6 Å². The van der Waals surface area contributed by atoms with Crippen LogP contribution in [0.15, 0.2) is 17.5 Å². The van der Waals surface area contributed by atoms with Gasteiger partial charge in [0.2, 0.25) is 0 Å². The predicted octanol–water partition coefficient (Wildman–Crippen LogP) is 2.96. The number of thiophene rings is 1. The van der Waals surface area contributed by atoms with Crippen LogP contribution in [0.1, 0.15) is 69.2 Å². The number of hydrogen-bond donors (Lipinski definition) is 0. The molecule has 3 heterocycles. The van der Waals surface area contributed by atoms with Crippen LogP contribution in [0, 0.1) is 6.92 Å². The van der Waals surface area contributed by atoms with Crippen LogP contribution in [-0.2, 0) is 11.2 Å². The van der Waals surface area contributed by atoms with E-state index < -0.39 is 5.97 Å². The molecular weight excluding hydrogens is 416 g/mol. The summed E-state index contributed by atoms with van der Waals surface area (Å²) in [5.74, 6) is -0.487. The van der Waals surface area contributed by atoms with Gasteiger partial charge in [0, 0.05) is 25.7 Å². The normalized spacial score (nSPS) is 16.3. The summed E-state index contributed by atoms with van der Waals surface area (Å²) in [6.07, 6.45) is 1.33. The zero-order valence-electron chi connectivity index (χ0n) is 18.4. The Labute approximate surface area is 186 Å². The molecule has 3 rings (SSSR count). The van der Waals surface area contributed by atoms with Crippen LogP contribution in [0.5, 0.6) is 0 Å². The van der Waals surface area contributed by atoms with E-state index in [0.717, 1.165) is 6.42 Å². The van der Waals surface area contributed by atoms with Crippen molar-refractivity contribution in [3.05, 3.63) is 45.2 Å². The first-order valence-corrected chi connectivity index (χ1v) is 11.4. The molecular formula is C22H28N4O4S. The van der Waals surface area contributed by atoms with Crippen molar-refractivity contribution >= 4 is 29.1 Å². The maximum absolute atomic E-state index is 13.4. The van der Waals surface area contributed by atoms with Crippen molar-refractivity contribution in [2.45, 2.75) is 46.6 Å². The Balaban J connectivity index is 1.86. The molecule has 1 saturated heterocycles. The van der Waals surface area contributed by atoms with Gasteiger partial charge in [-0.3, -0.25) is 9.59 Å². The SMILES string of the molecule is CCCc1nc(C)nc(C(=O)N2CCN(C(=O)c3cccs3)C(C)C2)c1C(=O)OCC. The molecule has 1 fully saturated rings. The van der Waals surface area contributed by atoms with E-state index in [9.17, 15) is 14.4 Å². The number of rotatable bonds is 6. The quantitative estimate of drug-likeness (QED) is 0.636. The van der Waals surface area contributed by atoms with E-state index in [1.165, 1.54) is 11.3 Å². The Kier molecular flexibility index (Phi) is 7.37. The largest absolute Gasteiger partial charge is 0.462 e. The third-order valence-corrected chi connectivity index (χ3v) is 6.03. The number of piperazine rings is 1. The molecule has 0 spiro atoms. The molecule has 166 valence electrons. The Hall–Kier alpha value is -2.81. The van der Waals surface area contributed by atoms with Crippen LogP contribution in [-0.4, -0.2) is 69.8 Å². The lowest BCUT2D eigenvalue weighted by atomic mass is 10.1. The molecule has 1 aliphatic rings.